The van der Waals surface area contributed by atoms with E-state index in [0.29, 0.717) is 0 Å². The number of thioether (sulfide) groups is 1. The molecule has 3 heteroatoms. The van der Waals surface area contributed by atoms with E-state index in [9.17, 15) is 0 Å². The van der Waals surface area contributed by atoms with Crippen molar-refractivity contribution >= 4 is 27.7 Å². The highest BCUT2D eigenvalue weighted by Crippen LogP contribution is 2.36. The Labute approximate surface area is 91.7 Å². The first-order chi connectivity index (χ1) is 6.05. The highest BCUT2D eigenvalue weighted by molar-refractivity contribution is 9.10. The monoisotopic (exact) mass is 260 g/mol. The van der Waals surface area contributed by atoms with Crippen LogP contribution in [-0.4, -0.2) is 16.5 Å². The molecular formula is C10H13BrOS. The smallest absolute Gasteiger partial charge is 0.0576 e. The van der Waals surface area contributed by atoms with Crippen LogP contribution in [0.4, 0.5) is 0 Å². The van der Waals surface area contributed by atoms with Crippen LogP contribution in [0.5, 0.6) is 0 Å². The van der Waals surface area contributed by atoms with E-state index in [0.717, 1.165) is 4.47 Å². The summed E-state index contributed by atoms with van der Waals surface area (Å²) in [5.41, 5.74) is 0. The van der Waals surface area contributed by atoms with Crippen LogP contribution in [0, 0.1) is 0 Å². The number of rotatable bonds is 3. The summed E-state index contributed by atoms with van der Waals surface area (Å²) in [5, 5.41) is 9.11. The molecule has 1 aromatic carbocycles. The molecule has 0 heterocycles. The van der Waals surface area contributed by atoms with E-state index in [1.165, 1.54) is 4.90 Å². The lowest BCUT2D eigenvalue weighted by Gasteiger charge is -2.21. The van der Waals surface area contributed by atoms with Gasteiger partial charge in [0.05, 0.1) is 6.61 Å². The van der Waals surface area contributed by atoms with E-state index < -0.39 is 0 Å². The molecule has 0 aromatic heterocycles. The molecule has 0 radical (unpaired) electrons. The molecule has 0 fully saturated rings. The summed E-state index contributed by atoms with van der Waals surface area (Å²) in [6, 6.07) is 8.04. The average Bonchev–Trinajstić information content (AvgIpc) is 2.09. The van der Waals surface area contributed by atoms with Gasteiger partial charge in [0.2, 0.25) is 0 Å². The SMILES string of the molecule is CC(C)(CO)Sc1ccccc1Br. The summed E-state index contributed by atoms with van der Waals surface area (Å²) in [6.07, 6.45) is 0. The molecule has 1 rings (SSSR count). The number of aliphatic hydroxyl groups is 1. The zero-order chi connectivity index (χ0) is 9.90. The average molecular weight is 261 g/mol. The van der Waals surface area contributed by atoms with Crippen molar-refractivity contribution in [1.82, 2.24) is 0 Å². The van der Waals surface area contributed by atoms with Crippen molar-refractivity contribution in [3.05, 3.63) is 28.7 Å². The van der Waals surface area contributed by atoms with Gasteiger partial charge in [0.1, 0.15) is 0 Å². The van der Waals surface area contributed by atoms with Gasteiger partial charge in [-0.2, -0.15) is 0 Å². The second-order valence-corrected chi connectivity index (χ2v) is 6.05. The van der Waals surface area contributed by atoms with Crippen molar-refractivity contribution in [1.29, 1.82) is 0 Å². The lowest BCUT2D eigenvalue weighted by atomic mass is 10.2. The topological polar surface area (TPSA) is 20.2 Å². The summed E-state index contributed by atoms with van der Waals surface area (Å²) >= 11 is 5.15. The van der Waals surface area contributed by atoms with Gasteiger partial charge in [-0.1, -0.05) is 12.1 Å². The zero-order valence-corrected chi connectivity index (χ0v) is 10.2. The minimum Gasteiger partial charge on any atom is -0.395 e. The molecule has 0 atom stereocenters. The van der Waals surface area contributed by atoms with Crippen molar-refractivity contribution in [2.75, 3.05) is 6.61 Å². The van der Waals surface area contributed by atoms with Gasteiger partial charge in [-0.3, -0.25) is 0 Å². The first-order valence-corrected chi connectivity index (χ1v) is 5.70. The molecule has 13 heavy (non-hydrogen) atoms. The van der Waals surface area contributed by atoms with E-state index in [1.807, 2.05) is 38.1 Å². The molecule has 0 saturated carbocycles. The van der Waals surface area contributed by atoms with Gasteiger partial charge in [-0.05, 0) is 41.9 Å². The number of hydrogen-bond acceptors (Lipinski definition) is 2. The van der Waals surface area contributed by atoms with Crippen LogP contribution >= 0.6 is 27.7 Å². The minimum absolute atomic E-state index is 0.121. The van der Waals surface area contributed by atoms with Gasteiger partial charge in [0, 0.05) is 14.1 Å². The van der Waals surface area contributed by atoms with Crippen molar-refractivity contribution in [3.63, 3.8) is 0 Å². The summed E-state index contributed by atoms with van der Waals surface area (Å²) < 4.78 is 0.964. The van der Waals surface area contributed by atoms with E-state index >= 15 is 0 Å². The Balaban J connectivity index is 2.80. The molecule has 0 bridgehead atoms. The van der Waals surface area contributed by atoms with Gasteiger partial charge in [0.25, 0.3) is 0 Å². The fraction of sp³-hybridized carbons (Fsp3) is 0.400. The molecule has 0 spiro atoms. The maximum atomic E-state index is 9.11. The van der Waals surface area contributed by atoms with Gasteiger partial charge in [-0.15, -0.1) is 11.8 Å². The van der Waals surface area contributed by atoms with Crippen LogP contribution < -0.4 is 0 Å². The van der Waals surface area contributed by atoms with Gasteiger partial charge < -0.3 is 5.11 Å². The molecule has 1 N–H and O–H groups in total. The number of halogens is 1. The lowest BCUT2D eigenvalue weighted by Crippen LogP contribution is -2.19. The number of benzene rings is 1. The fourth-order valence-electron chi connectivity index (χ4n) is 0.857. The van der Waals surface area contributed by atoms with E-state index in [-0.39, 0.29) is 11.4 Å². The predicted octanol–water partition coefficient (Wildman–Crippen LogP) is 3.31. The zero-order valence-electron chi connectivity index (χ0n) is 7.75. The van der Waals surface area contributed by atoms with Crippen molar-refractivity contribution < 1.29 is 5.11 Å². The van der Waals surface area contributed by atoms with Crippen LogP contribution in [0.1, 0.15) is 13.8 Å². The summed E-state index contributed by atoms with van der Waals surface area (Å²) in [6.45, 7) is 4.23. The Morgan fingerprint density at radius 2 is 2.00 bits per heavy atom. The highest BCUT2D eigenvalue weighted by Gasteiger charge is 2.18. The molecule has 0 aliphatic rings. The van der Waals surface area contributed by atoms with Crippen LogP contribution in [0.15, 0.2) is 33.6 Å². The minimum atomic E-state index is -0.121. The highest BCUT2D eigenvalue weighted by atomic mass is 79.9. The van der Waals surface area contributed by atoms with Crippen LogP contribution in [-0.2, 0) is 0 Å². The Kier molecular flexibility index (Phi) is 3.83. The summed E-state index contributed by atoms with van der Waals surface area (Å²) in [4.78, 5) is 1.17. The van der Waals surface area contributed by atoms with Crippen molar-refractivity contribution in [3.8, 4) is 0 Å². The molecule has 1 nitrogen and oxygen atoms in total. The van der Waals surface area contributed by atoms with E-state index in [1.54, 1.807) is 11.8 Å². The maximum absolute atomic E-state index is 9.11. The molecule has 1 aromatic rings. The lowest BCUT2D eigenvalue weighted by molar-refractivity contribution is 0.265. The third kappa shape index (κ3) is 3.33. The van der Waals surface area contributed by atoms with E-state index in [2.05, 4.69) is 15.9 Å². The number of aliphatic hydroxyl groups excluding tert-OH is 1. The molecule has 72 valence electrons. The quantitative estimate of drug-likeness (QED) is 0.842. The second kappa shape index (κ2) is 4.49. The number of hydrogen-bond donors (Lipinski definition) is 1. The molecule has 0 unspecified atom stereocenters. The van der Waals surface area contributed by atoms with E-state index in [4.69, 9.17) is 5.11 Å². The first kappa shape index (κ1) is 11.1. The first-order valence-electron chi connectivity index (χ1n) is 4.09. The largest absolute Gasteiger partial charge is 0.395 e. The fourth-order valence-corrected chi connectivity index (χ4v) is 2.36. The third-order valence-corrected chi connectivity index (χ3v) is 3.82. The second-order valence-electron chi connectivity index (χ2n) is 3.45. The Bertz CT molecular complexity index is 286. The molecule has 0 aliphatic heterocycles. The van der Waals surface area contributed by atoms with Gasteiger partial charge in [0.15, 0.2) is 0 Å². The van der Waals surface area contributed by atoms with Crippen LogP contribution in [0.25, 0.3) is 0 Å². The van der Waals surface area contributed by atoms with Crippen molar-refractivity contribution in [2.24, 2.45) is 0 Å². The summed E-state index contributed by atoms with van der Waals surface area (Å²) in [7, 11) is 0. The normalized spacial score (nSPS) is 11.7. The molecule has 0 aliphatic carbocycles. The molecule has 0 saturated heterocycles. The molecular weight excluding hydrogens is 248 g/mol. The summed E-state index contributed by atoms with van der Waals surface area (Å²) in [5.74, 6) is 0. The van der Waals surface area contributed by atoms with Gasteiger partial charge >= 0.3 is 0 Å². The van der Waals surface area contributed by atoms with Gasteiger partial charge in [-0.25, -0.2) is 0 Å². The Morgan fingerprint density at radius 1 is 1.38 bits per heavy atom. The third-order valence-electron chi connectivity index (χ3n) is 1.60. The predicted molar refractivity (Wildman–Crippen MR) is 61.2 cm³/mol. The Hall–Kier alpha value is 0.01000. The van der Waals surface area contributed by atoms with Crippen LogP contribution in [0.3, 0.4) is 0 Å². The standard InChI is InChI=1S/C10H13BrOS/c1-10(2,7-12)13-9-6-4-3-5-8(9)11/h3-6,12H,7H2,1-2H3. The van der Waals surface area contributed by atoms with Crippen molar-refractivity contribution in [2.45, 2.75) is 23.5 Å². The molecule has 0 amide bonds. The maximum Gasteiger partial charge on any atom is 0.0576 e. The Morgan fingerprint density at radius 3 is 2.54 bits per heavy atom. The van der Waals surface area contributed by atoms with Crippen LogP contribution in [0.2, 0.25) is 0 Å².